The van der Waals surface area contributed by atoms with E-state index in [4.69, 9.17) is 5.11 Å². The number of aromatic nitrogens is 5. The van der Waals surface area contributed by atoms with Crippen LogP contribution in [0.1, 0.15) is 20.3 Å². The molecular weight excluding hydrogens is 236 g/mol. The number of fused-ring (bicyclic) bond motifs is 1. The lowest BCUT2D eigenvalue weighted by Crippen LogP contribution is -2.29. The van der Waals surface area contributed by atoms with E-state index in [1.54, 1.807) is 12.1 Å². The second-order valence-corrected chi connectivity index (χ2v) is 4.34. The third kappa shape index (κ3) is 2.70. The Morgan fingerprint density at radius 1 is 1.50 bits per heavy atom. The van der Waals surface area contributed by atoms with Crippen molar-refractivity contribution in [1.82, 2.24) is 25.3 Å². The SMILES string of the molecule is CC(C)C(CC(=O)O)Nc1ccc2nnnn2n1. The van der Waals surface area contributed by atoms with Crippen molar-refractivity contribution in [3.8, 4) is 0 Å². The van der Waals surface area contributed by atoms with E-state index in [-0.39, 0.29) is 18.4 Å². The van der Waals surface area contributed by atoms with Crippen LogP contribution < -0.4 is 5.32 Å². The van der Waals surface area contributed by atoms with Gasteiger partial charge >= 0.3 is 5.97 Å². The van der Waals surface area contributed by atoms with Crippen molar-refractivity contribution in [1.29, 1.82) is 0 Å². The molecule has 96 valence electrons. The van der Waals surface area contributed by atoms with E-state index in [0.29, 0.717) is 11.5 Å². The summed E-state index contributed by atoms with van der Waals surface area (Å²) in [4.78, 5) is 10.8. The van der Waals surface area contributed by atoms with Gasteiger partial charge in [0.25, 0.3) is 0 Å². The van der Waals surface area contributed by atoms with Crippen molar-refractivity contribution in [2.45, 2.75) is 26.3 Å². The third-order valence-corrected chi connectivity index (χ3v) is 2.60. The van der Waals surface area contributed by atoms with Crippen molar-refractivity contribution in [3.05, 3.63) is 12.1 Å². The zero-order chi connectivity index (χ0) is 13.1. The van der Waals surface area contributed by atoms with Crippen LogP contribution in [0.5, 0.6) is 0 Å². The Morgan fingerprint density at radius 2 is 2.28 bits per heavy atom. The molecular formula is C10H14N6O2. The van der Waals surface area contributed by atoms with Gasteiger partial charge in [0.05, 0.1) is 6.42 Å². The summed E-state index contributed by atoms with van der Waals surface area (Å²) in [5.74, 6) is -0.119. The Labute approximate surface area is 103 Å². The predicted molar refractivity (Wildman–Crippen MR) is 63.1 cm³/mol. The molecule has 0 fully saturated rings. The van der Waals surface area contributed by atoms with E-state index < -0.39 is 5.97 Å². The van der Waals surface area contributed by atoms with Gasteiger partial charge in [0.1, 0.15) is 5.82 Å². The van der Waals surface area contributed by atoms with Crippen LogP contribution in [0.25, 0.3) is 5.65 Å². The molecule has 2 N–H and O–H groups in total. The van der Waals surface area contributed by atoms with Gasteiger partial charge in [-0.3, -0.25) is 4.79 Å². The monoisotopic (exact) mass is 250 g/mol. The van der Waals surface area contributed by atoms with E-state index in [0.717, 1.165) is 0 Å². The fraction of sp³-hybridized carbons (Fsp3) is 0.500. The summed E-state index contributed by atoms with van der Waals surface area (Å²) in [5.41, 5.74) is 0.542. The Bertz CT molecular complexity index is 552. The number of rotatable bonds is 5. The first-order valence-corrected chi connectivity index (χ1v) is 5.60. The molecule has 2 aromatic heterocycles. The highest BCUT2D eigenvalue weighted by Gasteiger charge is 2.17. The molecule has 2 aromatic rings. The van der Waals surface area contributed by atoms with Gasteiger partial charge in [0, 0.05) is 6.04 Å². The van der Waals surface area contributed by atoms with Gasteiger partial charge in [0.2, 0.25) is 0 Å². The lowest BCUT2D eigenvalue weighted by atomic mass is 10.0. The molecule has 2 heterocycles. The van der Waals surface area contributed by atoms with Gasteiger partial charge in [-0.05, 0) is 28.5 Å². The van der Waals surface area contributed by atoms with Crippen LogP contribution in [0.3, 0.4) is 0 Å². The summed E-state index contributed by atoms with van der Waals surface area (Å²) >= 11 is 0. The molecule has 0 saturated heterocycles. The van der Waals surface area contributed by atoms with Gasteiger partial charge in [-0.15, -0.1) is 14.8 Å². The van der Waals surface area contributed by atoms with Crippen LogP contribution in [0.4, 0.5) is 5.82 Å². The Balaban J connectivity index is 2.16. The molecule has 0 aliphatic rings. The first-order chi connectivity index (χ1) is 8.56. The number of carbonyl (C=O) groups is 1. The number of hydrogen-bond donors (Lipinski definition) is 2. The normalized spacial score (nSPS) is 12.8. The molecule has 0 saturated carbocycles. The molecule has 0 radical (unpaired) electrons. The van der Waals surface area contributed by atoms with Gasteiger partial charge in [-0.25, -0.2) is 0 Å². The van der Waals surface area contributed by atoms with Crippen LogP contribution in [-0.2, 0) is 4.79 Å². The molecule has 0 aromatic carbocycles. The highest BCUT2D eigenvalue weighted by molar-refractivity contribution is 5.68. The second kappa shape index (κ2) is 4.94. The number of aliphatic carboxylic acids is 1. The lowest BCUT2D eigenvalue weighted by molar-refractivity contribution is -0.137. The average molecular weight is 250 g/mol. The van der Waals surface area contributed by atoms with E-state index in [1.807, 2.05) is 13.8 Å². The molecule has 1 unspecified atom stereocenters. The summed E-state index contributed by atoms with van der Waals surface area (Å²) < 4.78 is 1.29. The van der Waals surface area contributed by atoms with Crippen LogP contribution in [0.15, 0.2) is 12.1 Å². The van der Waals surface area contributed by atoms with Crippen molar-refractivity contribution in [3.63, 3.8) is 0 Å². The van der Waals surface area contributed by atoms with Gasteiger partial charge in [0.15, 0.2) is 5.65 Å². The molecule has 1 atom stereocenters. The van der Waals surface area contributed by atoms with Crippen molar-refractivity contribution < 1.29 is 9.90 Å². The van der Waals surface area contributed by atoms with E-state index >= 15 is 0 Å². The van der Waals surface area contributed by atoms with Crippen molar-refractivity contribution in [2.24, 2.45) is 5.92 Å². The summed E-state index contributed by atoms with van der Waals surface area (Å²) in [7, 11) is 0. The van der Waals surface area contributed by atoms with Crippen LogP contribution >= 0.6 is 0 Å². The minimum absolute atomic E-state index is 0.0347. The lowest BCUT2D eigenvalue weighted by Gasteiger charge is -2.20. The second-order valence-electron chi connectivity index (χ2n) is 4.34. The molecule has 0 aliphatic carbocycles. The van der Waals surface area contributed by atoms with Crippen LogP contribution in [-0.4, -0.2) is 42.4 Å². The Kier molecular flexibility index (Phi) is 3.35. The molecule has 18 heavy (non-hydrogen) atoms. The highest BCUT2D eigenvalue weighted by atomic mass is 16.4. The topological polar surface area (TPSA) is 105 Å². The van der Waals surface area contributed by atoms with Crippen molar-refractivity contribution >= 4 is 17.4 Å². The Hall–Kier alpha value is -2.25. The van der Waals surface area contributed by atoms with E-state index in [1.165, 1.54) is 4.63 Å². The highest BCUT2D eigenvalue weighted by Crippen LogP contribution is 2.13. The summed E-state index contributed by atoms with van der Waals surface area (Å²) in [5, 5.41) is 27.0. The van der Waals surface area contributed by atoms with Gasteiger partial charge < -0.3 is 10.4 Å². The summed E-state index contributed by atoms with van der Waals surface area (Å²) in [6, 6.07) is 3.25. The zero-order valence-corrected chi connectivity index (χ0v) is 10.1. The molecule has 8 heteroatoms. The number of carboxylic acids is 1. The minimum Gasteiger partial charge on any atom is -0.481 e. The fourth-order valence-corrected chi connectivity index (χ4v) is 1.56. The van der Waals surface area contributed by atoms with Gasteiger partial charge in [-0.2, -0.15) is 0 Å². The van der Waals surface area contributed by atoms with Gasteiger partial charge in [-0.1, -0.05) is 13.8 Å². The standard InChI is InChI=1S/C10H14N6O2/c1-6(2)7(5-10(17)18)11-8-3-4-9-12-14-15-16(9)13-8/h3-4,6-7H,5H2,1-2H3,(H,11,13)(H,17,18). The number of carboxylic acid groups (broad SMARTS) is 1. The first kappa shape index (κ1) is 12.2. The molecule has 8 nitrogen and oxygen atoms in total. The maximum absolute atomic E-state index is 10.8. The molecule has 0 bridgehead atoms. The Morgan fingerprint density at radius 3 is 2.94 bits per heavy atom. The number of hydrogen-bond acceptors (Lipinski definition) is 6. The average Bonchev–Trinajstić information content (AvgIpc) is 2.74. The molecule has 0 aliphatic heterocycles. The van der Waals surface area contributed by atoms with Crippen LogP contribution in [0, 0.1) is 5.92 Å². The summed E-state index contributed by atoms with van der Waals surface area (Å²) in [6.07, 6.45) is 0.0347. The number of nitrogens with one attached hydrogen (secondary N) is 1. The number of anilines is 1. The number of tetrazole rings is 1. The van der Waals surface area contributed by atoms with E-state index in [2.05, 4.69) is 25.9 Å². The number of nitrogens with zero attached hydrogens (tertiary/aromatic N) is 5. The molecule has 2 rings (SSSR count). The summed E-state index contributed by atoms with van der Waals surface area (Å²) in [6.45, 7) is 3.91. The van der Waals surface area contributed by atoms with Crippen molar-refractivity contribution in [2.75, 3.05) is 5.32 Å². The molecule has 0 amide bonds. The maximum Gasteiger partial charge on any atom is 0.305 e. The third-order valence-electron chi connectivity index (χ3n) is 2.60. The minimum atomic E-state index is -0.843. The molecule has 0 spiro atoms. The largest absolute Gasteiger partial charge is 0.481 e. The first-order valence-electron chi connectivity index (χ1n) is 5.60. The predicted octanol–water partition coefficient (Wildman–Crippen LogP) is 0.430. The van der Waals surface area contributed by atoms with Crippen LogP contribution in [0.2, 0.25) is 0 Å². The van der Waals surface area contributed by atoms with E-state index in [9.17, 15) is 4.79 Å². The fourth-order valence-electron chi connectivity index (χ4n) is 1.56. The smallest absolute Gasteiger partial charge is 0.305 e. The maximum atomic E-state index is 10.8. The zero-order valence-electron chi connectivity index (χ0n) is 10.1. The quantitative estimate of drug-likeness (QED) is 0.792.